The van der Waals surface area contributed by atoms with Gasteiger partial charge in [0.05, 0.1) is 11.4 Å². The summed E-state index contributed by atoms with van der Waals surface area (Å²) in [7, 11) is 0. The fraction of sp³-hybridized carbons (Fsp3) is 0.533. The van der Waals surface area contributed by atoms with E-state index < -0.39 is 12.0 Å². The molecule has 0 spiro atoms. The third-order valence-electron chi connectivity index (χ3n) is 4.70. The molecule has 1 aliphatic heterocycles. The SMILES string of the molecule is Fc1c(Cl)ncc2c(N3CCCCC[C@@H]4[C@@H](F)[C@@H]43)nc(Cl)nc12. The molecule has 0 N–H and O–H groups in total. The number of aromatic nitrogens is 3. The number of alkyl halides is 1. The molecule has 122 valence electrons. The van der Waals surface area contributed by atoms with Crippen LogP contribution in [0.1, 0.15) is 25.7 Å². The summed E-state index contributed by atoms with van der Waals surface area (Å²) in [5.74, 6) is -0.268. The van der Waals surface area contributed by atoms with Crippen molar-refractivity contribution >= 4 is 39.9 Å². The van der Waals surface area contributed by atoms with Crippen molar-refractivity contribution in [3.8, 4) is 0 Å². The molecule has 4 nitrogen and oxygen atoms in total. The van der Waals surface area contributed by atoms with Crippen LogP contribution in [-0.4, -0.2) is 33.7 Å². The third kappa shape index (κ3) is 2.52. The van der Waals surface area contributed by atoms with Gasteiger partial charge < -0.3 is 4.90 Å². The fourth-order valence-electron chi connectivity index (χ4n) is 3.49. The standard InChI is InChI=1S/C15H14Cl2F2N4/c16-13-10(19)11-8(6-20-13)14(22-15(17)21-11)23-5-3-1-2-4-7-9(18)12(7)23/h6-7,9,12H,1-5H2/t7-,9-,12-/m1/s1. The summed E-state index contributed by atoms with van der Waals surface area (Å²) in [6.45, 7) is 0.661. The molecule has 2 aromatic rings. The second-order valence-electron chi connectivity index (χ2n) is 6.08. The molecule has 3 atom stereocenters. The van der Waals surface area contributed by atoms with Crippen molar-refractivity contribution in [3.63, 3.8) is 0 Å². The molecule has 3 heterocycles. The Labute approximate surface area is 141 Å². The minimum Gasteiger partial charge on any atom is -0.350 e. The monoisotopic (exact) mass is 358 g/mol. The second kappa shape index (κ2) is 5.67. The van der Waals surface area contributed by atoms with Gasteiger partial charge in [0.1, 0.15) is 17.5 Å². The van der Waals surface area contributed by atoms with Crippen LogP contribution in [0.2, 0.25) is 10.4 Å². The van der Waals surface area contributed by atoms with Crippen molar-refractivity contribution < 1.29 is 8.78 Å². The Balaban J connectivity index is 1.86. The van der Waals surface area contributed by atoms with E-state index in [-0.39, 0.29) is 27.9 Å². The summed E-state index contributed by atoms with van der Waals surface area (Å²) in [6.07, 6.45) is 4.45. The van der Waals surface area contributed by atoms with E-state index in [0.717, 1.165) is 25.7 Å². The maximum absolute atomic E-state index is 14.2. The zero-order valence-corrected chi connectivity index (χ0v) is 13.7. The highest BCUT2D eigenvalue weighted by Crippen LogP contribution is 2.46. The van der Waals surface area contributed by atoms with Gasteiger partial charge in [-0.2, -0.15) is 4.98 Å². The summed E-state index contributed by atoms with van der Waals surface area (Å²) >= 11 is 11.7. The highest BCUT2D eigenvalue weighted by molar-refractivity contribution is 6.30. The number of anilines is 1. The number of halogens is 4. The lowest BCUT2D eigenvalue weighted by Gasteiger charge is -2.26. The number of nitrogens with zero attached hydrogens (tertiary/aromatic N) is 4. The van der Waals surface area contributed by atoms with E-state index in [1.165, 1.54) is 6.20 Å². The lowest BCUT2D eigenvalue weighted by Crippen LogP contribution is -2.31. The van der Waals surface area contributed by atoms with Crippen molar-refractivity contribution in [1.29, 1.82) is 0 Å². The smallest absolute Gasteiger partial charge is 0.225 e. The largest absolute Gasteiger partial charge is 0.350 e. The van der Waals surface area contributed by atoms with E-state index in [0.29, 0.717) is 17.7 Å². The molecule has 0 amide bonds. The molecular weight excluding hydrogens is 345 g/mol. The molecule has 2 fully saturated rings. The van der Waals surface area contributed by atoms with Crippen LogP contribution >= 0.6 is 23.2 Å². The van der Waals surface area contributed by atoms with Crippen LogP contribution in [0, 0.1) is 11.7 Å². The Morgan fingerprint density at radius 1 is 1.17 bits per heavy atom. The van der Waals surface area contributed by atoms with Gasteiger partial charge in [0, 0.05) is 18.7 Å². The molecule has 8 heteroatoms. The van der Waals surface area contributed by atoms with Crippen molar-refractivity contribution in [3.05, 3.63) is 22.5 Å². The maximum Gasteiger partial charge on any atom is 0.225 e. The number of fused-ring (bicyclic) bond motifs is 2. The van der Waals surface area contributed by atoms with Crippen molar-refractivity contribution in [1.82, 2.24) is 15.0 Å². The molecule has 1 saturated heterocycles. The van der Waals surface area contributed by atoms with Gasteiger partial charge in [-0.3, -0.25) is 0 Å². The van der Waals surface area contributed by atoms with E-state index in [1.54, 1.807) is 0 Å². The van der Waals surface area contributed by atoms with Gasteiger partial charge in [-0.05, 0) is 24.4 Å². The zero-order chi connectivity index (χ0) is 16.1. The van der Waals surface area contributed by atoms with Gasteiger partial charge in [0.15, 0.2) is 11.0 Å². The van der Waals surface area contributed by atoms with Crippen LogP contribution in [0.3, 0.4) is 0 Å². The molecular formula is C15H14Cl2F2N4. The number of rotatable bonds is 1. The molecule has 2 aromatic heterocycles. The highest BCUT2D eigenvalue weighted by atomic mass is 35.5. The maximum atomic E-state index is 14.2. The average molecular weight is 359 g/mol. The lowest BCUT2D eigenvalue weighted by molar-refractivity contribution is 0.430. The quantitative estimate of drug-likeness (QED) is 0.566. The van der Waals surface area contributed by atoms with Crippen LogP contribution in [0.15, 0.2) is 6.20 Å². The molecule has 4 rings (SSSR count). The van der Waals surface area contributed by atoms with Crippen LogP contribution in [-0.2, 0) is 0 Å². The summed E-state index contributed by atoms with van der Waals surface area (Å²) in [4.78, 5) is 13.9. The highest BCUT2D eigenvalue weighted by Gasteiger charge is 2.55. The Morgan fingerprint density at radius 3 is 2.83 bits per heavy atom. The van der Waals surface area contributed by atoms with E-state index in [1.807, 2.05) is 4.90 Å². The summed E-state index contributed by atoms with van der Waals surface area (Å²) < 4.78 is 28.4. The first kappa shape index (κ1) is 15.3. The van der Waals surface area contributed by atoms with E-state index in [4.69, 9.17) is 23.2 Å². The average Bonchev–Trinajstić information content (AvgIpc) is 3.11. The second-order valence-corrected chi connectivity index (χ2v) is 6.78. The topological polar surface area (TPSA) is 41.9 Å². The Hall–Kier alpha value is -1.27. The van der Waals surface area contributed by atoms with Gasteiger partial charge in [-0.25, -0.2) is 18.7 Å². The minimum absolute atomic E-state index is 0.0178. The van der Waals surface area contributed by atoms with Crippen LogP contribution < -0.4 is 4.90 Å². The number of pyridine rings is 1. The van der Waals surface area contributed by atoms with Gasteiger partial charge in [0.2, 0.25) is 5.28 Å². The molecule has 1 aliphatic carbocycles. The van der Waals surface area contributed by atoms with Gasteiger partial charge >= 0.3 is 0 Å². The Morgan fingerprint density at radius 2 is 2.00 bits per heavy atom. The molecule has 0 unspecified atom stereocenters. The predicted octanol–water partition coefficient (Wildman–Crippen LogP) is 4.19. The molecule has 2 aliphatic rings. The van der Waals surface area contributed by atoms with Gasteiger partial charge in [0.25, 0.3) is 0 Å². The van der Waals surface area contributed by atoms with Gasteiger partial charge in [-0.15, -0.1) is 0 Å². The first-order valence-electron chi connectivity index (χ1n) is 7.66. The molecule has 0 radical (unpaired) electrons. The zero-order valence-electron chi connectivity index (χ0n) is 12.1. The van der Waals surface area contributed by atoms with E-state index in [9.17, 15) is 8.78 Å². The first-order chi connectivity index (χ1) is 11.1. The molecule has 0 bridgehead atoms. The fourth-order valence-corrected chi connectivity index (χ4v) is 3.80. The number of hydrogen-bond acceptors (Lipinski definition) is 4. The molecule has 23 heavy (non-hydrogen) atoms. The third-order valence-corrected chi connectivity index (χ3v) is 5.13. The minimum atomic E-state index is -0.873. The molecule has 1 saturated carbocycles. The van der Waals surface area contributed by atoms with Crippen molar-refractivity contribution in [2.45, 2.75) is 37.9 Å². The van der Waals surface area contributed by atoms with E-state index >= 15 is 0 Å². The van der Waals surface area contributed by atoms with E-state index in [2.05, 4.69) is 15.0 Å². The van der Waals surface area contributed by atoms with Crippen LogP contribution in [0.25, 0.3) is 10.9 Å². The first-order valence-corrected chi connectivity index (χ1v) is 8.41. The number of hydrogen-bond donors (Lipinski definition) is 0. The molecule has 0 aromatic carbocycles. The summed E-state index contributed by atoms with van der Waals surface area (Å²) in [5, 5.41) is 0.0663. The van der Waals surface area contributed by atoms with Crippen molar-refractivity contribution in [2.75, 3.05) is 11.4 Å². The summed E-state index contributed by atoms with van der Waals surface area (Å²) in [5.41, 5.74) is 0.0228. The lowest BCUT2D eigenvalue weighted by atomic mass is 10.1. The van der Waals surface area contributed by atoms with Gasteiger partial charge in [-0.1, -0.05) is 24.4 Å². The Bertz CT molecular complexity index is 773. The van der Waals surface area contributed by atoms with Crippen LogP contribution in [0.4, 0.5) is 14.6 Å². The van der Waals surface area contributed by atoms with Crippen LogP contribution in [0.5, 0.6) is 0 Å². The van der Waals surface area contributed by atoms with Crippen molar-refractivity contribution in [2.24, 2.45) is 5.92 Å². The summed E-state index contributed by atoms with van der Waals surface area (Å²) in [6, 6.07) is -0.219. The normalized spacial score (nSPS) is 27.5. The Kier molecular flexibility index (Phi) is 3.76. The predicted molar refractivity (Wildman–Crippen MR) is 85.3 cm³/mol.